The average Bonchev–Trinajstić information content (AvgIpc) is 2.76. The molecule has 1 aliphatic rings. The second-order valence-electron chi connectivity index (χ2n) is 6.12. The molecule has 0 saturated carbocycles. The molecule has 1 heterocycles. The van der Waals surface area contributed by atoms with Crippen molar-refractivity contribution in [3.8, 4) is 0 Å². The number of carbonyl (C=O) groups is 2. The molecule has 0 unspecified atom stereocenters. The molecule has 32 heavy (non-hydrogen) atoms. The van der Waals surface area contributed by atoms with Crippen molar-refractivity contribution >= 4 is 42.2 Å². The molecule has 0 atom stereocenters. The van der Waals surface area contributed by atoms with E-state index in [0.29, 0.717) is 5.06 Å². The Hall–Kier alpha value is -2.33. The molecule has 0 spiro atoms. The van der Waals surface area contributed by atoms with E-state index in [0.717, 1.165) is 13.0 Å². The zero-order valence-electron chi connectivity index (χ0n) is 16.8. The largest absolute Gasteiger partial charge is 0.394 e. The lowest BCUT2D eigenvalue weighted by atomic mass is 10.1. The van der Waals surface area contributed by atoms with E-state index in [1.54, 1.807) is 4.08 Å². The molecule has 9 nitrogen and oxygen atoms in total. The first kappa shape index (κ1) is 25.9. The first-order chi connectivity index (χ1) is 15.3. The molecule has 0 saturated heterocycles. The molecule has 1 aliphatic heterocycles. The summed E-state index contributed by atoms with van der Waals surface area (Å²) in [5, 5.41) is 20.7. The number of hydroxylamine groups is 3. The van der Waals surface area contributed by atoms with Crippen LogP contribution in [0.25, 0.3) is 0 Å². The third-order valence-electron chi connectivity index (χ3n) is 3.87. The molecular weight excluding hydrogens is 550 g/mol. The molecule has 0 aliphatic carbocycles. The Labute approximate surface area is 191 Å². The predicted molar refractivity (Wildman–Crippen MR) is 117 cm³/mol. The highest BCUT2D eigenvalue weighted by molar-refractivity contribution is 14.2. The van der Waals surface area contributed by atoms with E-state index in [9.17, 15) is 18.4 Å². The summed E-state index contributed by atoms with van der Waals surface area (Å²) in [6.45, 7) is -0.838. The van der Waals surface area contributed by atoms with Gasteiger partial charge in [-0.05, 0) is 16.2 Å². The number of halogens is 4. The fourth-order valence-corrected chi connectivity index (χ4v) is 3.86. The second kappa shape index (κ2) is 12.6. The van der Waals surface area contributed by atoms with Crippen LogP contribution in [0.3, 0.4) is 0 Å². The van der Waals surface area contributed by atoms with Gasteiger partial charge in [-0.25, -0.2) is 23.7 Å². The number of rotatable bonds is 11. The lowest BCUT2D eigenvalue weighted by molar-refractivity contribution is -0.191. The van der Waals surface area contributed by atoms with Gasteiger partial charge in [0, 0.05) is 16.5 Å². The van der Waals surface area contributed by atoms with Crippen LogP contribution in [0.15, 0.2) is 27.7 Å². The number of hydrogen-bond donors (Lipinski definition) is 4. The van der Waals surface area contributed by atoms with E-state index in [1.165, 1.54) is 10.1 Å². The zero-order valence-corrected chi connectivity index (χ0v) is 19.0. The van der Waals surface area contributed by atoms with E-state index in [1.807, 2.05) is 5.48 Å². The fraction of sp³-hybridized carbons (Fsp3) is 0.316. The van der Waals surface area contributed by atoms with Crippen LogP contribution in [-0.2, 0) is 21.0 Å². The number of hydrogen-bond acceptors (Lipinski definition) is 7. The fourth-order valence-electron chi connectivity index (χ4n) is 2.43. The summed E-state index contributed by atoms with van der Waals surface area (Å²) < 4.78 is 46.9. The van der Waals surface area contributed by atoms with Crippen molar-refractivity contribution in [3.63, 3.8) is 0 Å². The minimum Gasteiger partial charge on any atom is -0.394 e. The number of allylic oxidation sites excluding steroid dienone is 2. The van der Waals surface area contributed by atoms with Gasteiger partial charge in [0.1, 0.15) is 0 Å². The van der Waals surface area contributed by atoms with Crippen LogP contribution in [0, 0.1) is 11.6 Å². The first-order valence-electron chi connectivity index (χ1n) is 9.14. The molecule has 13 heteroatoms. The summed E-state index contributed by atoms with van der Waals surface area (Å²) in [5.41, 5.74) is 0.294. The van der Waals surface area contributed by atoms with Gasteiger partial charge in [-0.15, -0.1) is 0 Å². The van der Waals surface area contributed by atoms with E-state index in [-0.39, 0.29) is 18.9 Å². The Bertz CT molecular complexity index is 955. The molecule has 4 N–H and O–H groups in total. The van der Waals surface area contributed by atoms with Crippen molar-refractivity contribution in [2.75, 3.05) is 31.7 Å². The predicted octanol–water partition coefficient (Wildman–Crippen LogP) is 1.78. The molecule has 176 valence electrons. The van der Waals surface area contributed by atoms with Crippen molar-refractivity contribution < 1.29 is 42.6 Å². The van der Waals surface area contributed by atoms with Crippen LogP contribution in [0.2, 0.25) is 0 Å². The number of aliphatic hydroxyl groups excluding tert-OH is 2. The number of nitrogens with one attached hydrogen (secondary N) is 2. The molecule has 0 radical (unpaired) electrons. The van der Waals surface area contributed by atoms with Gasteiger partial charge in [0.2, 0.25) is 5.91 Å². The Morgan fingerprint density at radius 3 is 2.50 bits per heavy atom. The monoisotopic (exact) mass is 571 g/mol. The van der Waals surface area contributed by atoms with Gasteiger partial charge in [0.05, 0.1) is 49.9 Å². The Morgan fingerprint density at radius 2 is 1.88 bits per heavy atom. The molecule has 2 rings (SSSR count). The van der Waals surface area contributed by atoms with Crippen molar-refractivity contribution in [1.82, 2.24) is 10.5 Å². The number of nitrogens with zero attached hydrogens (tertiary/aromatic N) is 1. The summed E-state index contributed by atoms with van der Waals surface area (Å²) >= 11 is -0.640. The summed E-state index contributed by atoms with van der Waals surface area (Å²) in [6.07, 6.45) is 1.36. The van der Waals surface area contributed by atoms with Gasteiger partial charge >= 0.3 is 0 Å². The third kappa shape index (κ3) is 6.83. The topological polar surface area (TPSA) is 120 Å². The molecule has 1 aromatic carbocycles. The lowest BCUT2D eigenvalue weighted by Crippen LogP contribution is -2.31. The van der Waals surface area contributed by atoms with Gasteiger partial charge < -0.3 is 15.5 Å². The lowest BCUT2D eigenvalue weighted by Gasteiger charge is -2.22. The molecule has 0 aromatic heterocycles. The highest BCUT2D eigenvalue weighted by Gasteiger charge is 2.26. The normalized spacial score (nSPS) is 13.1. The maximum Gasteiger partial charge on any atom is 0.277 e. The molecule has 2 amide bonds. The van der Waals surface area contributed by atoms with Crippen LogP contribution in [0.5, 0.6) is 0 Å². The Kier molecular flexibility index (Phi) is 10.2. The van der Waals surface area contributed by atoms with Crippen LogP contribution < -0.4 is 10.8 Å². The maximum atomic E-state index is 15.0. The molecular formula is C19H21F3IN3O6. The quantitative estimate of drug-likeness (QED) is 0.182. The van der Waals surface area contributed by atoms with Crippen molar-refractivity contribution in [2.45, 2.75) is 13.5 Å². The van der Waals surface area contributed by atoms with Crippen molar-refractivity contribution in [2.24, 2.45) is 0 Å². The van der Waals surface area contributed by atoms with Gasteiger partial charge in [0.15, 0.2) is 17.5 Å². The van der Waals surface area contributed by atoms with Gasteiger partial charge in [-0.2, -0.15) is 0 Å². The van der Waals surface area contributed by atoms with Gasteiger partial charge in [0.25, 0.3) is 5.91 Å². The smallest absolute Gasteiger partial charge is 0.277 e. The van der Waals surface area contributed by atoms with Crippen LogP contribution >= 0.6 is 20.7 Å². The number of anilines is 1. The van der Waals surface area contributed by atoms with E-state index >= 15 is 4.39 Å². The number of amides is 2. The minimum atomic E-state index is -1.49. The summed E-state index contributed by atoms with van der Waals surface area (Å²) in [7, 11) is 0. The number of carbonyl (C=O) groups excluding carboxylic acids is 2. The van der Waals surface area contributed by atoms with Gasteiger partial charge in [-0.3, -0.25) is 19.3 Å². The van der Waals surface area contributed by atoms with E-state index in [4.69, 9.17) is 19.9 Å². The minimum absolute atomic E-state index is 0.163. The van der Waals surface area contributed by atoms with Crippen molar-refractivity contribution in [3.05, 3.63) is 50.5 Å². The van der Waals surface area contributed by atoms with Gasteiger partial charge in [-0.1, -0.05) is 20.7 Å². The Balaban J connectivity index is 2.49. The van der Waals surface area contributed by atoms with E-state index in [2.05, 4.69) is 5.32 Å². The highest BCUT2D eigenvalue weighted by atomic mass is 127. The number of aliphatic hydroxyl groups is 2. The van der Waals surface area contributed by atoms with Crippen LogP contribution in [-0.4, -0.2) is 57.5 Å². The average molecular weight is 571 g/mol. The number of benzene rings is 1. The van der Waals surface area contributed by atoms with Crippen LogP contribution in [0.4, 0.5) is 18.9 Å². The third-order valence-corrected chi connectivity index (χ3v) is 5.55. The SMILES string of the molecule is CC(=O)N(Cc1cc(C(=O)NOCCO)c(NC2=C(F)C=IC=C2)c(F)c1F)OCCO. The molecule has 1 aromatic rings. The second-order valence-corrected chi connectivity index (χ2v) is 8.18. The summed E-state index contributed by atoms with van der Waals surface area (Å²) in [5.74, 6) is -5.22. The highest BCUT2D eigenvalue weighted by Crippen LogP contribution is 2.30. The Morgan fingerprint density at radius 1 is 1.16 bits per heavy atom. The molecule has 0 fully saturated rings. The molecule has 0 bridgehead atoms. The standard InChI is InChI=1S/C19H21F3IN3O6/c1-11(29)26(32-7-5-28)10-12-8-13(19(30)25-31-6-4-27)18(17(22)16(12)21)24-15-2-3-23-9-14(15)20/h2-3,8-9,24,27-28H,4-7,10H2,1H3,(H,25,30). The van der Waals surface area contributed by atoms with Crippen molar-refractivity contribution in [1.29, 1.82) is 0 Å². The zero-order chi connectivity index (χ0) is 23.7. The first-order valence-corrected chi connectivity index (χ1v) is 11.6. The van der Waals surface area contributed by atoms with E-state index < -0.39 is 86.6 Å². The summed E-state index contributed by atoms with van der Waals surface area (Å²) in [4.78, 5) is 34.0. The van der Waals surface area contributed by atoms with Crippen LogP contribution in [0.1, 0.15) is 22.8 Å². The maximum absolute atomic E-state index is 15.0. The summed E-state index contributed by atoms with van der Waals surface area (Å²) in [6, 6.07) is 0.957.